The van der Waals surface area contributed by atoms with Crippen LogP contribution < -0.4 is 0 Å². The van der Waals surface area contributed by atoms with Crippen LogP contribution in [0.2, 0.25) is 0 Å². The molecule has 0 heteroatoms. The van der Waals surface area contributed by atoms with E-state index in [1.807, 2.05) is 12.2 Å². The molecule has 0 atom stereocenters. The molecule has 7 rings (SSSR count). The van der Waals surface area contributed by atoms with Crippen LogP contribution >= 0.6 is 0 Å². The van der Waals surface area contributed by atoms with Crippen LogP contribution in [0.4, 0.5) is 0 Å². The van der Waals surface area contributed by atoms with Gasteiger partial charge in [0.15, 0.2) is 0 Å². The van der Waals surface area contributed by atoms with Crippen LogP contribution in [-0.4, -0.2) is 0 Å². The van der Waals surface area contributed by atoms with Crippen molar-refractivity contribution in [1.29, 1.82) is 0 Å². The molecule has 0 amide bonds. The number of benzene rings is 7. The molecule has 0 heterocycles. The Morgan fingerprint density at radius 2 is 0.950 bits per heavy atom. The van der Waals surface area contributed by atoms with E-state index in [9.17, 15) is 0 Å². The highest BCUT2D eigenvalue weighted by atomic mass is 14.2. The highest BCUT2D eigenvalue weighted by molar-refractivity contribution is 6.23. The van der Waals surface area contributed by atoms with E-state index in [1.165, 1.54) is 65.7 Å². The molecule has 188 valence electrons. The molecule has 0 spiro atoms. The van der Waals surface area contributed by atoms with Crippen molar-refractivity contribution < 1.29 is 0 Å². The third-order valence-corrected chi connectivity index (χ3v) is 8.00. The lowest BCUT2D eigenvalue weighted by molar-refractivity contribution is 1.59. The van der Waals surface area contributed by atoms with Gasteiger partial charge < -0.3 is 0 Å². The molecular weight excluding hydrogens is 480 g/mol. The Balaban J connectivity index is 1.50. The van der Waals surface area contributed by atoms with Crippen molar-refractivity contribution in [2.45, 2.75) is 0 Å². The summed E-state index contributed by atoms with van der Waals surface area (Å²) in [5, 5.41) is 7.56. The van der Waals surface area contributed by atoms with Crippen LogP contribution in [0.15, 0.2) is 147 Å². The SMILES string of the molecule is C=Cc1ccc(-c2ccc3c(-c4c5ccccc5c(-c5ccccc5)c5ccccc45)cccc3c2)cc1C=C. The van der Waals surface area contributed by atoms with E-state index in [1.54, 1.807) is 0 Å². The standard InChI is InChI=1S/C40H28/c1-3-27-21-22-30(25-28(27)4-2)31-23-24-33-32(26-31)15-12-20-34(33)40-37-18-10-8-16-35(37)39(29-13-6-5-7-14-29)36-17-9-11-19-38(36)40/h3-26H,1-2H2. The van der Waals surface area contributed by atoms with Gasteiger partial charge in [-0.25, -0.2) is 0 Å². The monoisotopic (exact) mass is 508 g/mol. The van der Waals surface area contributed by atoms with Gasteiger partial charge >= 0.3 is 0 Å². The maximum absolute atomic E-state index is 4.00. The average molecular weight is 509 g/mol. The molecule has 7 aromatic rings. The molecule has 0 radical (unpaired) electrons. The Bertz CT molecular complexity index is 2020. The molecule has 0 fully saturated rings. The van der Waals surface area contributed by atoms with E-state index < -0.39 is 0 Å². The molecule has 0 N–H and O–H groups in total. The van der Waals surface area contributed by atoms with Crippen molar-refractivity contribution in [3.8, 4) is 33.4 Å². The molecule has 0 bridgehead atoms. The second-order valence-electron chi connectivity index (χ2n) is 10.2. The summed E-state index contributed by atoms with van der Waals surface area (Å²) in [7, 11) is 0. The minimum Gasteiger partial charge on any atom is -0.0984 e. The zero-order valence-corrected chi connectivity index (χ0v) is 22.3. The van der Waals surface area contributed by atoms with Crippen molar-refractivity contribution in [2.75, 3.05) is 0 Å². The van der Waals surface area contributed by atoms with Gasteiger partial charge in [0.05, 0.1) is 0 Å². The lowest BCUT2D eigenvalue weighted by Crippen LogP contribution is -1.91. The Kier molecular flexibility index (Phi) is 5.87. The third kappa shape index (κ3) is 3.85. The highest BCUT2D eigenvalue weighted by Gasteiger charge is 2.17. The maximum atomic E-state index is 4.00. The lowest BCUT2D eigenvalue weighted by Gasteiger charge is -2.19. The van der Waals surface area contributed by atoms with Gasteiger partial charge in [0.25, 0.3) is 0 Å². The summed E-state index contributed by atoms with van der Waals surface area (Å²) in [6.45, 7) is 7.94. The molecule has 0 aliphatic carbocycles. The average Bonchev–Trinajstić information content (AvgIpc) is 3.03. The zero-order chi connectivity index (χ0) is 27.1. The first kappa shape index (κ1) is 23.9. The van der Waals surface area contributed by atoms with Crippen molar-refractivity contribution in [3.63, 3.8) is 0 Å². The van der Waals surface area contributed by atoms with Crippen LogP contribution in [0.25, 0.3) is 77.9 Å². The third-order valence-electron chi connectivity index (χ3n) is 8.00. The van der Waals surface area contributed by atoms with E-state index in [0.29, 0.717) is 0 Å². The van der Waals surface area contributed by atoms with Gasteiger partial charge in [0.2, 0.25) is 0 Å². The normalized spacial score (nSPS) is 11.2. The van der Waals surface area contributed by atoms with Gasteiger partial charge in [-0.2, -0.15) is 0 Å². The smallest absolute Gasteiger partial charge is 0.00201 e. The molecule has 40 heavy (non-hydrogen) atoms. The van der Waals surface area contributed by atoms with Crippen molar-refractivity contribution in [1.82, 2.24) is 0 Å². The summed E-state index contributed by atoms with van der Waals surface area (Å²) >= 11 is 0. The van der Waals surface area contributed by atoms with Crippen molar-refractivity contribution in [2.24, 2.45) is 0 Å². The second-order valence-corrected chi connectivity index (χ2v) is 10.2. The number of fused-ring (bicyclic) bond motifs is 3. The number of rotatable bonds is 5. The van der Waals surface area contributed by atoms with Crippen LogP contribution in [-0.2, 0) is 0 Å². The fourth-order valence-electron chi connectivity index (χ4n) is 6.13. The number of hydrogen-bond acceptors (Lipinski definition) is 0. The largest absolute Gasteiger partial charge is 0.0984 e. The summed E-state index contributed by atoms with van der Waals surface area (Å²) in [5.41, 5.74) is 9.63. The molecule has 0 saturated heterocycles. The first-order valence-electron chi connectivity index (χ1n) is 13.7. The maximum Gasteiger partial charge on any atom is -0.00201 e. The quantitative estimate of drug-likeness (QED) is 0.203. The Morgan fingerprint density at radius 3 is 1.60 bits per heavy atom. The first-order chi connectivity index (χ1) is 19.8. The fourth-order valence-corrected chi connectivity index (χ4v) is 6.13. The predicted octanol–water partition coefficient (Wildman–Crippen LogP) is 11.4. The van der Waals surface area contributed by atoms with Crippen LogP contribution in [0.1, 0.15) is 11.1 Å². The Hall–Kier alpha value is -5.20. The van der Waals surface area contributed by atoms with Crippen LogP contribution in [0.5, 0.6) is 0 Å². The molecule has 7 aromatic carbocycles. The van der Waals surface area contributed by atoms with E-state index in [4.69, 9.17) is 0 Å². The van der Waals surface area contributed by atoms with Gasteiger partial charge in [0.1, 0.15) is 0 Å². The minimum atomic E-state index is 1.10. The van der Waals surface area contributed by atoms with Crippen molar-refractivity contribution in [3.05, 3.63) is 158 Å². The Morgan fingerprint density at radius 1 is 0.375 bits per heavy atom. The topological polar surface area (TPSA) is 0 Å². The molecule has 0 saturated carbocycles. The van der Waals surface area contributed by atoms with E-state index in [0.717, 1.165) is 11.1 Å². The molecule has 0 unspecified atom stereocenters. The van der Waals surface area contributed by atoms with Gasteiger partial charge in [-0.15, -0.1) is 0 Å². The first-order valence-corrected chi connectivity index (χ1v) is 13.7. The summed E-state index contributed by atoms with van der Waals surface area (Å²) in [6.07, 6.45) is 3.78. The molecular formula is C40H28. The van der Waals surface area contributed by atoms with Gasteiger partial charge in [-0.1, -0.05) is 147 Å². The minimum absolute atomic E-state index is 1.10. The summed E-state index contributed by atoms with van der Waals surface area (Å²) in [4.78, 5) is 0. The summed E-state index contributed by atoms with van der Waals surface area (Å²) in [5.74, 6) is 0. The van der Waals surface area contributed by atoms with Gasteiger partial charge in [0, 0.05) is 0 Å². The predicted molar refractivity (Wildman–Crippen MR) is 175 cm³/mol. The van der Waals surface area contributed by atoms with E-state index in [2.05, 4.69) is 147 Å². The van der Waals surface area contributed by atoms with Crippen LogP contribution in [0.3, 0.4) is 0 Å². The fraction of sp³-hybridized carbons (Fsp3) is 0. The number of hydrogen-bond donors (Lipinski definition) is 0. The zero-order valence-electron chi connectivity index (χ0n) is 22.3. The molecule has 0 aliphatic heterocycles. The van der Waals surface area contributed by atoms with E-state index in [-0.39, 0.29) is 0 Å². The molecule has 0 nitrogen and oxygen atoms in total. The molecule has 0 aliphatic rings. The Labute approximate surface area is 235 Å². The highest BCUT2D eigenvalue weighted by Crippen LogP contribution is 2.45. The lowest BCUT2D eigenvalue weighted by atomic mass is 9.84. The van der Waals surface area contributed by atoms with Crippen molar-refractivity contribution >= 4 is 44.5 Å². The summed E-state index contributed by atoms with van der Waals surface area (Å²) in [6, 6.07) is 48.4. The molecule has 0 aromatic heterocycles. The van der Waals surface area contributed by atoms with Gasteiger partial charge in [-0.3, -0.25) is 0 Å². The van der Waals surface area contributed by atoms with Crippen LogP contribution in [0, 0.1) is 0 Å². The summed E-state index contributed by atoms with van der Waals surface area (Å²) < 4.78 is 0. The second kappa shape index (κ2) is 9.84. The van der Waals surface area contributed by atoms with E-state index >= 15 is 0 Å². The van der Waals surface area contributed by atoms with Gasteiger partial charge in [-0.05, 0) is 89.0 Å².